The van der Waals surface area contributed by atoms with Crippen LogP contribution < -0.4 is 5.32 Å². The van der Waals surface area contributed by atoms with Crippen LogP contribution >= 0.6 is 0 Å². The van der Waals surface area contributed by atoms with Crippen molar-refractivity contribution in [3.63, 3.8) is 0 Å². The van der Waals surface area contributed by atoms with E-state index in [0.29, 0.717) is 6.04 Å². The monoisotopic (exact) mass is 267 g/mol. The SMILES string of the molecule is CCN1CCC(NCc2cn(CCCO)nn2)CC1. The predicted octanol–water partition coefficient (Wildman–Crippen LogP) is 0.234. The van der Waals surface area contributed by atoms with Crippen LogP contribution in [0.2, 0.25) is 0 Å². The molecule has 1 aromatic heterocycles. The van der Waals surface area contributed by atoms with Crippen molar-refractivity contribution < 1.29 is 5.11 Å². The van der Waals surface area contributed by atoms with Gasteiger partial charge in [0.05, 0.1) is 5.69 Å². The summed E-state index contributed by atoms with van der Waals surface area (Å²) in [7, 11) is 0. The Bertz CT molecular complexity index is 360. The largest absolute Gasteiger partial charge is 0.396 e. The normalized spacial score (nSPS) is 18.0. The standard InChI is InChI=1S/C13H25N5O/c1-2-17-7-4-12(5-8-17)14-10-13-11-18(16-15-13)6-3-9-19/h11-12,14,19H,2-10H2,1H3. The fourth-order valence-electron chi connectivity index (χ4n) is 2.46. The van der Waals surface area contributed by atoms with Gasteiger partial charge in [0.1, 0.15) is 0 Å². The molecule has 1 fully saturated rings. The maximum Gasteiger partial charge on any atom is 0.0964 e. The Hall–Kier alpha value is -0.980. The quantitative estimate of drug-likeness (QED) is 0.740. The molecule has 0 spiro atoms. The molecule has 0 saturated carbocycles. The topological polar surface area (TPSA) is 66.2 Å². The molecule has 2 heterocycles. The van der Waals surface area contributed by atoms with E-state index in [1.54, 1.807) is 4.68 Å². The first kappa shape index (κ1) is 14.4. The number of aliphatic hydroxyl groups excluding tert-OH is 1. The van der Waals surface area contributed by atoms with Gasteiger partial charge in [-0.1, -0.05) is 12.1 Å². The van der Waals surface area contributed by atoms with Gasteiger partial charge in [0.2, 0.25) is 0 Å². The summed E-state index contributed by atoms with van der Waals surface area (Å²) in [5.41, 5.74) is 0.982. The Balaban J connectivity index is 1.69. The summed E-state index contributed by atoms with van der Waals surface area (Å²) in [6, 6.07) is 0.602. The van der Waals surface area contributed by atoms with E-state index in [4.69, 9.17) is 5.11 Å². The molecule has 0 aliphatic carbocycles. The molecule has 2 rings (SSSR count). The number of aryl methyl sites for hydroxylation is 1. The molecule has 108 valence electrons. The first-order chi connectivity index (χ1) is 9.31. The van der Waals surface area contributed by atoms with E-state index in [2.05, 4.69) is 27.5 Å². The summed E-state index contributed by atoms with van der Waals surface area (Å²) in [5, 5.41) is 20.5. The van der Waals surface area contributed by atoms with Crippen LogP contribution in [-0.4, -0.2) is 57.3 Å². The first-order valence-electron chi connectivity index (χ1n) is 7.27. The highest BCUT2D eigenvalue weighted by atomic mass is 16.3. The van der Waals surface area contributed by atoms with Gasteiger partial charge >= 0.3 is 0 Å². The van der Waals surface area contributed by atoms with Gasteiger partial charge in [-0.05, 0) is 38.9 Å². The number of aromatic nitrogens is 3. The molecule has 19 heavy (non-hydrogen) atoms. The maximum atomic E-state index is 8.77. The molecule has 1 aromatic rings. The lowest BCUT2D eigenvalue weighted by molar-refractivity contribution is 0.205. The molecular weight excluding hydrogens is 242 g/mol. The molecule has 1 aliphatic heterocycles. The van der Waals surface area contributed by atoms with Crippen LogP contribution in [0.5, 0.6) is 0 Å². The lowest BCUT2D eigenvalue weighted by Gasteiger charge is -2.31. The third-order valence-corrected chi connectivity index (χ3v) is 3.74. The van der Waals surface area contributed by atoms with E-state index in [-0.39, 0.29) is 6.61 Å². The van der Waals surface area contributed by atoms with Crippen molar-refractivity contribution in [3.05, 3.63) is 11.9 Å². The van der Waals surface area contributed by atoms with Crippen molar-refractivity contribution in [1.29, 1.82) is 0 Å². The highest BCUT2D eigenvalue weighted by molar-refractivity contribution is 4.92. The average Bonchev–Trinajstić information content (AvgIpc) is 2.91. The minimum absolute atomic E-state index is 0.198. The molecular formula is C13H25N5O. The molecule has 6 nitrogen and oxygen atoms in total. The Morgan fingerprint density at radius 1 is 1.42 bits per heavy atom. The van der Waals surface area contributed by atoms with Gasteiger partial charge in [0.25, 0.3) is 0 Å². The van der Waals surface area contributed by atoms with Crippen molar-refractivity contribution in [2.75, 3.05) is 26.2 Å². The zero-order valence-electron chi connectivity index (χ0n) is 11.8. The Kier molecular flexibility index (Phi) is 5.75. The van der Waals surface area contributed by atoms with Gasteiger partial charge in [-0.25, -0.2) is 0 Å². The van der Waals surface area contributed by atoms with Crippen molar-refractivity contribution in [3.8, 4) is 0 Å². The number of piperidine rings is 1. The summed E-state index contributed by atoms with van der Waals surface area (Å²) in [5.74, 6) is 0. The number of hydrogen-bond acceptors (Lipinski definition) is 5. The highest BCUT2D eigenvalue weighted by Crippen LogP contribution is 2.10. The second-order valence-corrected chi connectivity index (χ2v) is 5.14. The molecule has 1 aliphatic rings. The number of aliphatic hydroxyl groups is 1. The van der Waals surface area contributed by atoms with Crippen molar-refractivity contribution in [2.45, 2.75) is 45.3 Å². The second-order valence-electron chi connectivity index (χ2n) is 5.14. The summed E-state index contributed by atoms with van der Waals surface area (Å²) >= 11 is 0. The molecule has 0 unspecified atom stereocenters. The number of rotatable bonds is 7. The Morgan fingerprint density at radius 3 is 2.89 bits per heavy atom. The summed E-state index contributed by atoms with van der Waals surface area (Å²) in [6.07, 6.45) is 5.12. The van der Waals surface area contributed by atoms with Gasteiger partial charge in [-0.3, -0.25) is 4.68 Å². The fourth-order valence-corrected chi connectivity index (χ4v) is 2.46. The third-order valence-electron chi connectivity index (χ3n) is 3.74. The number of nitrogens with one attached hydrogen (secondary N) is 1. The predicted molar refractivity (Wildman–Crippen MR) is 73.7 cm³/mol. The molecule has 1 saturated heterocycles. The lowest BCUT2D eigenvalue weighted by atomic mass is 10.1. The molecule has 6 heteroatoms. The molecule has 2 N–H and O–H groups in total. The zero-order chi connectivity index (χ0) is 13.5. The lowest BCUT2D eigenvalue weighted by Crippen LogP contribution is -2.42. The molecule has 0 bridgehead atoms. The van der Waals surface area contributed by atoms with Gasteiger partial charge in [0, 0.05) is 31.9 Å². The number of likely N-dealkylation sites (tertiary alicyclic amines) is 1. The maximum absolute atomic E-state index is 8.77. The second kappa shape index (κ2) is 7.57. The number of nitrogens with zero attached hydrogens (tertiary/aromatic N) is 4. The molecule has 0 radical (unpaired) electrons. The van der Waals surface area contributed by atoms with Gasteiger partial charge in [0.15, 0.2) is 0 Å². The highest BCUT2D eigenvalue weighted by Gasteiger charge is 2.17. The molecule has 0 amide bonds. The van der Waals surface area contributed by atoms with Crippen LogP contribution in [0.3, 0.4) is 0 Å². The molecule has 0 aromatic carbocycles. The van der Waals surface area contributed by atoms with Crippen LogP contribution in [-0.2, 0) is 13.1 Å². The minimum atomic E-state index is 0.198. The van der Waals surface area contributed by atoms with Crippen LogP contribution in [0.25, 0.3) is 0 Å². The van der Waals surface area contributed by atoms with Gasteiger partial charge in [-0.15, -0.1) is 5.10 Å². The number of hydrogen-bond donors (Lipinski definition) is 2. The van der Waals surface area contributed by atoms with E-state index in [9.17, 15) is 0 Å². The van der Waals surface area contributed by atoms with E-state index in [0.717, 1.165) is 31.7 Å². The summed E-state index contributed by atoms with van der Waals surface area (Å²) in [6.45, 7) is 7.48. The van der Waals surface area contributed by atoms with Crippen molar-refractivity contribution >= 4 is 0 Å². The third kappa shape index (κ3) is 4.56. The van der Waals surface area contributed by atoms with Crippen molar-refractivity contribution in [1.82, 2.24) is 25.2 Å². The minimum Gasteiger partial charge on any atom is -0.396 e. The Labute approximate surface area is 114 Å². The zero-order valence-corrected chi connectivity index (χ0v) is 11.8. The average molecular weight is 267 g/mol. The van der Waals surface area contributed by atoms with Crippen molar-refractivity contribution in [2.24, 2.45) is 0 Å². The van der Waals surface area contributed by atoms with Gasteiger partial charge < -0.3 is 15.3 Å². The Morgan fingerprint density at radius 2 is 2.21 bits per heavy atom. The van der Waals surface area contributed by atoms with Gasteiger partial charge in [-0.2, -0.15) is 0 Å². The van der Waals surface area contributed by atoms with E-state index >= 15 is 0 Å². The van der Waals surface area contributed by atoms with E-state index in [1.165, 1.54) is 25.9 Å². The fraction of sp³-hybridized carbons (Fsp3) is 0.846. The van der Waals surface area contributed by atoms with E-state index in [1.807, 2.05) is 6.20 Å². The molecule has 0 atom stereocenters. The van der Waals surface area contributed by atoms with Crippen LogP contribution in [0, 0.1) is 0 Å². The van der Waals surface area contributed by atoms with Crippen LogP contribution in [0.4, 0.5) is 0 Å². The van der Waals surface area contributed by atoms with E-state index < -0.39 is 0 Å². The van der Waals surface area contributed by atoms with Crippen LogP contribution in [0.1, 0.15) is 31.9 Å². The summed E-state index contributed by atoms with van der Waals surface area (Å²) < 4.78 is 1.80. The first-order valence-corrected chi connectivity index (χ1v) is 7.27. The van der Waals surface area contributed by atoms with Crippen LogP contribution in [0.15, 0.2) is 6.20 Å². The smallest absolute Gasteiger partial charge is 0.0964 e. The summed E-state index contributed by atoms with van der Waals surface area (Å²) in [4.78, 5) is 2.49.